The van der Waals surface area contributed by atoms with E-state index < -0.39 is 0 Å². The lowest BCUT2D eigenvalue weighted by Gasteiger charge is -2.12. The first kappa shape index (κ1) is 21.9. The average Bonchev–Trinajstić information content (AvgIpc) is 2.78. The molecule has 0 spiro atoms. The number of thiazole rings is 1. The van der Waals surface area contributed by atoms with Crippen LogP contribution in [0, 0.1) is 13.8 Å². The van der Waals surface area contributed by atoms with Crippen LogP contribution in [0.5, 0.6) is 0 Å². The van der Waals surface area contributed by atoms with Crippen molar-refractivity contribution in [3.8, 4) is 0 Å². The third-order valence-corrected chi connectivity index (χ3v) is 4.44. The summed E-state index contributed by atoms with van der Waals surface area (Å²) < 4.78 is 0. The van der Waals surface area contributed by atoms with E-state index in [0.29, 0.717) is 13.0 Å². The number of aryl methyl sites for hydroxylation is 2. The van der Waals surface area contributed by atoms with Crippen LogP contribution in [0.2, 0.25) is 0 Å². The molecule has 23 heavy (non-hydrogen) atoms. The van der Waals surface area contributed by atoms with E-state index in [1.54, 1.807) is 11.3 Å². The highest BCUT2D eigenvalue weighted by Crippen LogP contribution is 2.17. The van der Waals surface area contributed by atoms with Crippen LogP contribution in [-0.4, -0.2) is 17.4 Å². The molecule has 1 amide bonds. The number of amides is 1. The number of benzene rings is 1. The zero-order chi connectivity index (χ0) is 15.2. The largest absolute Gasteiger partial charge is 0.356 e. The number of rotatable bonds is 6. The first-order valence-electron chi connectivity index (χ1n) is 7.06. The molecule has 0 fully saturated rings. The molecule has 0 saturated carbocycles. The van der Waals surface area contributed by atoms with Crippen LogP contribution in [0.4, 0.5) is 0 Å². The Morgan fingerprint density at radius 2 is 1.91 bits per heavy atom. The Kier molecular flexibility index (Phi) is 10.1. The monoisotopic (exact) mass is 375 g/mol. The predicted molar refractivity (Wildman–Crippen MR) is 101 cm³/mol. The van der Waals surface area contributed by atoms with Gasteiger partial charge in [-0.25, -0.2) is 4.98 Å². The molecule has 1 heterocycles. The molecule has 0 radical (unpaired) electrons. The molecule has 1 aromatic heterocycles. The molecule has 0 bridgehead atoms. The van der Waals surface area contributed by atoms with Crippen LogP contribution in [0.25, 0.3) is 0 Å². The smallest absolute Gasteiger partial charge is 0.221 e. The summed E-state index contributed by atoms with van der Waals surface area (Å²) in [4.78, 5) is 17.5. The Morgan fingerprint density at radius 1 is 1.26 bits per heavy atom. The summed E-state index contributed by atoms with van der Waals surface area (Å²) in [5, 5.41) is 4.00. The second kappa shape index (κ2) is 10.6. The third-order valence-electron chi connectivity index (χ3n) is 3.31. The molecule has 1 atom stereocenters. The van der Waals surface area contributed by atoms with Crippen molar-refractivity contribution in [3.05, 3.63) is 51.5 Å². The van der Waals surface area contributed by atoms with Crippen LogP contribution in [0.1, 0.15) is 33.6 Å². The first-order valence-corrected chi connectivity index (χ1v) is 7.88. The van der Waals surface area contributed by atoms with E-state index in [-0.39, 0.29) is 36.8 Å². The van der Waals surface area contributed by atoms with E-state index >= 15 is 0 Å². The van der Waals surface area contributed by atoms with Gasteiger partial charge in [-0.3, -0.25) is 4.79 Å². The fourth-order valence-corrected chi connectivity index (χ4v) is 3.15. The second-order valence-corrected chi connectivity index (χ2v) is 6.35. The van der Waals surface area contributed by atoms with E-state index in [4.69, 9.17) is 5.73 Å². The van der Waals surface area contributed by atoms with Crippen LogP contribution < -0.4 is 11.1 Å². The summed E-state index contributed by atoms with van der Waals surface area (Å²) in [6, 6.07) is 9.45. The van der Waals surface area contributed by atoms with Crippen molar-refractivity contribution in [1.29, 1.82) is 0 Å². The maximum atomic E-state index is 11.9. The maximum absolute atomic E-state index is 11.9. The first-order chi connectivity index (χ1) is 10.1. The number of carbonyl (C=O) groups excluding carboxylic acids is 1. The quantitative estimate of drug-likeness (QED) is 0.813. The van der Waals surface area contributed by atoms with Crippen molar-refractivity contribution in [1.82, 2.24) is 10.3 Å². The summed E-state index contributed by atoms with van der Waals surface area (Å²) >= 11 is 1.69. The predicted octanol–water partition coefficient (Wildman–Crippen LogP) is 3.35. The summed E-state index contributed by atoms with van der Waals surface area (Å²) in [5.74, 6) is -0.00903. The van der Waals surface area contributed by atoms with Crippen LogP contribution >= 0.6 is 36.2 Å². The van der Waals surface area contributed by atoms with Gasteiger partial charge in [0.1, 0.15) is 0 Å². The highest BCUT2D eigenvalue weighted by atomic mass is 35.5. The fraction of sp³-hybridized carbons (Fsp3) is 0.375. The zero-order valence-corrected chi connectivity index (χ0v) is 15.7. The SMILES string of the molecule is Cc1nc(C)c(CCNC(=O)CC(N)c2ccccc2)s1.Cl.Cl. The van der Waals surface area contributed by atoms with E-state index in [0.717, 1.165) is 22.7 Å². The molecule has 3 N–H and O–H groups in total. The van der Waals surface area contributed by atoms with E-state index in [1.165, 1.54) is 4.88 Å². The molecule has 2 rings (SSSR count). The molecule has 1 unspecified atom stereocenters. The minimum atomic E-state index is -0.251. The minimum Gasteiger partial charge on any atom is -0.356 e. The van der Waals surface area contributed by atoms with Crippen molar-refractivity contribution in [2.75, 3.05) is 6.54 Å². The van der Waals surface area contributed by atoms with Gasteiger partial charge in [0, 0.05) is 30.3 Å². The maximum Gasteiger partial charge on any atom is 0.221 e. The molecule has 1 aromatic carbocycles. The molecule has 0 aliphatic rings. The molecule has 128 valence electrons. The molecule has 0 aliphatic heterocycles. The minimum absolute atomic E-state index is 0. The highest BCUT2D eigenvalue weighted by Gasteiger charge is 2.11. The summed E-state index contributed by atoms with van der Waals surface area (Å²) in [7, 11) is 0. The lowest BCUT2D eigenvalue weighted by Crippen LogP contribution is -2.29. The lowest BCUT2D eigenvalue weighted by atomic mass is 10.0. The Bertz CT molecular complexity index is 605. The van der Waals surface area contributed by atoms with Crippen LogP contribution in [-0.2, 0) is 11.2 Å². The van der Waals surface area contributed by atoms with Gasteiger partial charge in [-0.1, -0.05) is 30.3 Å². The number of aromatic nitrogens is 1. The lowest BCUT2D eigenvalue weighted by molar-refractivity contribution is -0.121. The Balaban J connectivity index is 0.00000242. The van der Waals surface area contributed by atoms with Gasteiger partial charge < -0.3 is 11.1 Å². The fourth-order valence-electron chi connectivity index (χ4n) is 2.21. The second-order valence-electron chi connectivity index (χ2n) is 5.06. The van der Waals surface area contributed by atoms with Crippen molar-refractivity contribution in [2.24, 2.45) is 5.73 Å². The summed E-state index contributed by atoms with van der Waals surface area (Å²) in [5.41, 5.74) is 8.09. The van der Waals surface area contributed by atoms with Crippen LogP contribution in [0.3, 0.4) is 0 Å². The zero-order valence-electron chi connectivity index (χ0n) is 13.2. The summed E-state index contributed by atoms with van der Waals surface area (Å²) in [6.45, 7) is 4.63. The Hall–Kier alpha value is -1.14. The van der Waals surface area contributed by atoms with Gasteiger partial charge in [0.25, 0.3) is 0 Å². The number of halogens is 2. The third kappa shape index (κ3) is 6.87. The molecule has 2 aromatic rings. The van der Waals surface area contributed by atoms with Gasteiger partial charge in [-0.05, 0) is 19.4 Å². The number of nitrogens with one attached hydrogen (secondary N) is 1. The van der Waals surface area contributed by atoms with Crippen molar-refractivity contribution in [2.45, 2.75) is 32.7 Å². The number of carbonyl (C=O) groups is 1. The number of nitrogens with zero attached hydrogens (tertiary/aromatic N) is 1. The Labute approximate surface area is 153 Å². The number of hydrogen-bond donors (Lipinski definition) is 2. The molecule has 0 saturated heterocycles. The van der Waals surface area contributed by atoms with Gasteiger partial charge in [0.15, 0.2) is 0 Å². The molecule has 0 aliphatic carbocycles. The standard InChI is InChI=1S/C16H21N3OS.2ClH/c1-11-15(21-12(2)19-11)8-9-18-16(20)10-14(17)13-6-4-3-5-7-13;;/h3-7,14H,8-10,17H2,1-2H3,(H,18,20);2*1H. The highest BCUT2D eigenvalue weighted by molar-refractivity contribution is 7.11. The molecule has 4 nitrogen and oxygen atoms in total. The molecular weight excluding hydrogens is 353 g/mol. The van der Waals surface area contributed by atoms with Crippen molar-refractivity contribution in [3.63, 3.8) is 0 Å². The molecular formula is C16H23Cl2N3OS. The van der Waals surface area contributed by atoms with E-state index in [9.17, 15) is 4.79 Å². The van der Waals surface area contributed by atoms with Gasteiger partial charge in [0.2, 0.25) is 5.91 Å². The average molecular weight is 376 g/mol. The summed E-state index contributed by atoms with van der Waals surface area (Å²) in [6.07, 6.45) is 1.13. The number of nitrogens with two attached hydrogens (primary N) is 1. The van der Waals surface area contributed by atoms with Gasteiger partial charge in [-0.2, -0.15) is 0 Å². The van der Waals surface area contributed by atoms with Gasteiger partial charge >= 0.3 is 0 Å². The van der Waals surface area contributed by atoms with E-state index in [1.807, 2.05) is 44.2 Å². The topological polar surface area (TPSA) is 68.0 Å². The van der Waals surface area contributed by atoms with E-state index in [2.05, 4.69) is 10.3 Å². The van der Waals surface area contributed by atoms with Gasteiger partial charge in [0.05, 0.1) is 10.7 Å². The molecule has 7 heteroatoms. The number of hydrogen-bond acceptors (Lipinski definition) is 4. The van der Waals surface area contributed by atoms with Crippen molar-refractivity contribution >= 4 is 42.1 Å². The van der Waals surface area contributed by atoms with Crippen LogP contribution in [0.15, 0.2) is 30.3 Å². The normalized spacial score (nSPS) is 11.1. The Morgan fingerprint density at radius 3 is 2.48 bits per heavy atom. The van der Waals surface area contributed by atoms with Crippen molar-refractivity contribution < 1.29 is 4.79 Å². The van der Waals surface area contributed by atoms with Gasteiger partial charge in [-0.15, -0.1) is 36.2 Å².